The first-order chi connectivity index (χ1) is 13.0. The molecule has 0 aliphatic carbocycles. The molecule has 0 fully saturated rings. The quantitative estimate of drug-likeness (QED) is 0.254. The Kier molecular flexibility index (Phi) is 12.0. The van der Waals surface area contributed by atoms with E-state index in [-0.39, 0.29) is 13.0 Å². The Balaban J connectivity index is 2.25. The van der Waals surface area contributed by atoms with Crippen molar-refractivity contribution in [1.82, 2.24) is 5.48 Å². The van der Waals surface area contributed by atoms with Crippen LogP contribution in [0.4, 0.5) is 0 Å². The summed E-state index contributed by atoms with van der Waals surface area (Å²) < 4.78 is 26.8. The van der Waals surface area contributed by atoms with Crippen molar-refractivity contribution in [3.8, 4) is 5.75 Å². The summed E-state index contributed by atoms with van der Waals surface area (Å²) in [5.41, 5.74) is 2.91. The molecule has 2 N–H and O–H groups in total. The first-order valence-corrected chi connectivity index (χ1v) is 11.1. The fourth-order valence-electron chi connectivity index (χ4n) is 2.36. The van der Waals surface area contributed by atoms with Crippen LogP contribution >= 0.6 is 7.82 Å². The number of nitrogens with one attached hydrogen (secondary N) is 1. The van der Waals surface area contributed by atoms with Gasteiger partial charge in [-0.3, -0.25) is 9.32 Å². The molecule has 0 aliphatic heterocycles. The van der Waals surface area contributed by atoms with Crippen LogP contribution in [0.1, 0.15) is 64.4 Å². The van der Waals surface area contributed by atoms with Crippen molar-refractivity contribution in [3.05, 3.63) is 29.8 Å². The lowest BCUT2D eigenvalue weighted by Gasteiger charge is -2.12. The zero-order valence-electron chi connectivity index (χ0n) is 16.3. The average molecular weight is 401 g/mol. The topological polar surface area (TPSA) is 94.1 Å². The van der Waals surface area contributed by atoms with E-state index in [2.05, 4.69) is 11.5 Å². The molecule has 1 unspecified atom stereocenters. The van der Waals surface area contributed by atoms with Gasteiger partial charge in [0, 0.05) is 6.42 Å². The van der Waals surface area contributed by atoms with E-state index < -0.39 is 13.7 Å². The van der Waals surface area contributed by atoms with E-state index in [0.717, 1.165) is 49.8 Å². The van der Waals surface area contributed by atoms with E-state index >= 15 is 0 Å². The van der Waals surface area contributed by atoms with Crippen LogP contribution in [0.2, 0.25) is 0 Å². The zero-order chi connectivity index (χ0) is 20.0. The van der Waals surface area contributed by atoms with E-state index in [1.807, 2.05) is 36.7 Å². The monoisotopic (exact) mass is 401 g/mol. The molecule has 27 heavy (non-hydrogen) atoms. The molecule has 8 heteroatoms. The minimum absolute atomic E-state index is 0.0160. The Bertz CT molecular complexity index is 595. The maximum absolute atomic E-state index is 11.8. The standard InChI is InChI=1S/C19H32NO6P/c1-3-5-6-7-8-12-19(21)20-26-27(22,23)25-15-13-17-10-9-11-18(16-17)24-14-4-2/h9-11,16H,3-8,12-15H2,1-2H3,(H,20,21)(H,22,23). The maximum Gasteiger partial charge on any atom is 0.493 e. The van der Waals surface area contributed by atoms with Gasteiger partial charge in [-0.2, -0.15) is 4.62 Å². The summed E-state index contributed by atoms with van der Waals surface area (Å²) in [6.45, 7) is 4.77. The molecule has 154 valence electrons. The number of carbonyl (C=O) groups excluding carboxylic acids is 1. The van der Waals surface area contributed by atoms with Crippen LogP contribution in [0.15, 0.2) is 24.3 Å². The lowest BCUT2D eigenvalue weighted by Crippen LogP contribution is -2.22. The number of amides is 1. The second-order valence-corrected chi connectivity index (χ2v) is 7.71. The smallest absolute Gasteiger partial charge is 0.493 e. The minimum Gasteiger partial charge on any atom is -0.494 e. The van der Waals surface area contributed by atoms with Crippen molar-refractivity contribution >= 4 is 13.7 Å². The van der Waals surface area contributed by atoms with Gasteiger partial charge in [0.25, 0.3) is 0 Å². The molecule has 0 aromatic heterocycles. The number of hydrogen-bond acceptors (Lipinski definition) is 5. The first kappa shape index (κ1) is 23.6. The Morgan fingerprint density at radius 1 is 1.11 bits per heavy atom. The molecule has 0 aliphatic rings. The molecule has 1 aromatic carbocycles. The van der Waals surface area contributed by atoms with Gasteiger partial charge in [-0.15, -0.1) is 0 Å². The van der Waals surface area contributed by atoms with Crippen molar-refractivity contribution < 1.29 is 28.1 Å². The predicted molar refractivity (Wildman–Crippen MR) is 104 cm³/mol. The number of phosphoric acid groups is 1. The van der Waals surface area contributed by atoms with Gasteiger partial charge >= 0.3 is 7.82 Å². The molecule has 1 atom stereocenters. The van der Waals surface area contributed by atoms with Gasteiger partial charge in [-0.25, -0.2) is 10.0 Å². The third kappa shape index (κ3) is 11.8. The summed E-state index contributed by atoms with van der Waals surface area (Å²) >= 11 is 0. The lowest BCUT2D eigenvalue weighted by atomic mass is 10.1. The SMILES string of the molecule is CCCCCCCC(=O)NOP(=O)(O)OCCc1cccc(OCCC)c1. The van der Waals surface area contributed by atoms with Crippen molar-refractivity contribution in [1.29, 1.82) is 0 Å². The number of hydroxylamine groups is 1. The highest BCUT2D eigenvalue weighted by Crippen LogP contribution is 2.41. The third-order valence-corrected chi connectivity index (χ3v) is 4.63. The molecule has 0 saturated carbocycles. The molecular weight excluding hydrogens is 369 g/mol. The van der Waals surface area contributed by atoms with E-state index in [4.69, 9.17) is 9.26 Å². The lowest BCUT2D eigenvalue weighted by molar-refractivity contribution is -0.128. The Morgan fingerprint density at radius 2 is 1.89 bits per heavy atom. The molecule has 1 rings (SSSR count). The number of unbranched alkanes of at least 4 members (excludes halogenated alkanes) is 4. The van der Waals surface area contributed by atoms with Crippen LogP contribution in [0.5, 0.6) is 5.75 Å². The highest BCUT2D eigenvalue weighted by molar-refractivity contribution is 7.47. The molecule has 0 heterocycles. The largest absolute Gasteiger partial charge is 0.494 e. The van der Waals surface area contributed by atoms with E-state index in [9.17, 15) is 14.3 Å². The molecular formula is C19H32NO6P. The van der Waals surface area contributed by atoms with E-state index in [1.54, 1.807) is 0 Å². The van der Waals surface area contributed by atoms with Gasteiger partial charge in [0.15, 0.2) is 0 Å². The Hall–Kier alpha value is -1.40. The molecule has 0 radical (unpaired) electrons. The van der Waals surface area contributed by atoms with Crippen molar-refractivity contribution in [2.75, 3.05) is 13.2 Å². The number of hydrogen-bond donors (Lipinski definition) is 2. The van der Waals surface area contributed by atoms with Gasteiger partial charge in [-0.05, 0) is 37.0 Å². The average Bonchev–Trinajstić information content (AvgIpc) is 2.65. The van der Waals surface area contributed by atoms with E-state index in [0.29, 0.717) is 13.0 Å². The molecule has 0 spiro atoms. The summed E-state index contributed by atoms with van der Waals surface area (Å²) in [5, 5.41) is 0. The van der Waals surface area contributed by atoms with Crippen LogP contribution in [0, 0.1) is 0 Å². The van der Waals surface area contributed by atoms with Crippen LogP contribution in [-0.4, -0.2) is 24.0 Å². The van der Waals surface area contributed by atoms with Crippen LogP contribution < -0.4 is 10.2 Å². The van der Waals surface area contributed by atoms with Crippen molar-refractivity contribution in [2.45, 2.75) is 65.2 Å². The van der Waals surface area contributed by atoms with Gasteiger partial charge in [-0.1, -0.05) is 51.7 Å². The zero-order valence-corrected chi connectivity index (χ0v) is 17.2. The summed E-state index contributed by atoms with van der Waals surface area (Å²) in [4.78, 5) is 21.2. The van der Waals surface area contributed by atoms with Gasteiger partial charge in [0.2, 0.25) is 5.91 Å². The van der Waals surface area contributed by atoms with Crippen molar-refractivity contribution in [2.24, 2.45) is 0 Å². The first-order valence-electron chi connectivity index (χ1n) is 9.63. The predicted octanol–water partition coefficient (Wildman–Crippen LogP) is 4.54. The number of rotatable bonds is 15. The van der Waals surface area contributed by atoms with Gasteiger partial charge in [0.1, 0.15) is 5.75 Å². The molecule has 0 bridgehead atoms. The van der Waals surface area contributed by atoms with Crippen LogP contribution in [0.3, 0.4) is 0 Å². The second-order valence-electron chi connectivity index (χ2n) is 6.33. The highest BCUT2D eigenvalue weighted by atomic mass is 31.2. The Morgan fingerprint density at radius 3 is 2.63 bits per heavy atom. The molecule has 1 aromatic rings. The number of ether oxygens (including phenoxy) is 1. The fourth-order valence-corrected chi connectivity index (χ4v) is 2.96. The summed E-state index contributed by atoms with van der Waals surface area (Å²) in [6.07, 6.45) is 6.64. The normalized spacial score (nSPS) is 13.1. The summed E-state index contributed by atoms with van der Waals surface area (Å²) in [6, 6.07) is 7.46. The maximum atomic E-state index is 11.8. The highest BCUT2D eigenvalue weighted by Gasteiger charge is 2.22. The molecule has 0 saturated heterocycles. The molecule has 1 amide bonds. The number of phosphoric ester groups is 1. The number of carbonyl (C=O) groups is 1. The third-order valence-electron chi connectivity index (χ3n) is 3.80. The van der Waals surface area contributed by atoms with E-state index in [1.165, 1.54) is 0 Å². The second kappa shape index (κ2) is 13.7. The van der Waals surface area contributed by atoms with Gasteiger partial charge in [0.05, 0.1) is 13.2 Å². The molecule has 7 nitrogen and oxygen atoms in total. The summed E-state index contributed by atoms with van der Waals surface area (Å²) in [5.74, 6) is 0.328. The van der Waals surface area contributed by atoms with Crippen LogP contribution in [-0.2, 0) is 24.9 Å². The van der Waals surface area contributed by atoms with Gasteiger partial charge < -0.3 is 9.63 Å². The minimum atomic E-state index is -4.33. The Labute approximate surface area is 162 Å². The van der Waals surface area contributed by atoms with Crippen LogP contribution in [0.25, 0.3) is 0 Å². The summed E-state index contributed by atoms with van der Waals surface area (Å²) in [7, 11) is -4.33. The van der Waals surface area contributed by atoms with Crippen molar-refractivity contribution in [3.63, 3.8) is 0 Å². The fraction of sp³-hybridized carbons (Fsp3) is 0.632. The number of benzene rings is 1.